The van der Waals surface area contributed by atoms with Crippen LogP contribution in [-0.4, -0.2) is 6.10 Å². The summed E-state index contributed by atoms with van der Waals surface area (Å²) in [5.74, 6) is 0. The van der Waals surface area contributed by atoms with E-state index >= 15 is 0 Å². The van der Waals surface area contributed by atoms with E-state index in [1.807, 2.05) is 6.08 Å². The van der Waals surface area contributed by atoms with Crippen molar-refractivity contribution in [1.29, 1.82) is 0 Å². The zero-order chi connectivity index (χ0) is 7.82. The van der Waals surface area contributed by atoms with Crippen LogP contribution in [0.5, 0.6) is 0 Å². The Hall–Kier alpha value is 0.130. The van der Waals surface area contributed by atoms with E-state index < -0.39 is 0 Å². The fraction of sp³-hybridized carbons (Fsp3) is 0.750. The largest absolute Gasteiger partial charge is 0.362 e. The third kappa shape index (κ3) is 4.96. The highest BCUT2D eigenvalue weighted by Crippen LogP contribution is 2.11. The molecule has 60 valence electrons. The summed E-state index contributed by atoms with van der Waals surface area (Å²) in [7, 11) is 2.32. The molecule has 0 saturated heterocycles. The van der Waals surface area contributed by atoms with Gasteiger partial charge in [0, 0.05) is 9.47 Å². The Morgan fingerprint density at radius 1 is 1.70 bits per heavy atom. The van der Waals surface area contributed by atoms with Crippen LogP contribution in [0.2, 0.25) is 0 Å². The van der Waals surface area contributed by atoms with Gasteiger partial charge in [0.15, 0.2) is 0 Å². The van der Waals surface area contributed by atoms with Crippen LogP contribution in [0.25, 0.3) is 0 Å². The molecule has 0 amide bonds. The van der Waals surface area contributed by atoms with E-state index in [9.17, 15) is 0 Å². The topological polar surface area (TPSA) is 9.23 Å². The maximum Gasteiger partial charge on any atom is 0.0645 e. The molecule has 0 heterocycles. The minimum atomic E-state index is 0.363. The molecule has 0 aromatic rings. The Balaban J connectivity index is 3.29. The number of hydrogen-bond acceptors (Lipinski definition) is 1. The molecule has 0 radical (unpaired) electrons. The Morgan fingerprint density at radius 2 is 2.40 bits per heavy atom. The second-order valence-electron chi connectivity index (χ2n) is 2.42. The van der Waals surface area contributed by atoms with Crippen LogP contribution in [0.15, 0.2) is 12.7 Å². The first-order chi connectivity index (χ1) is 4.85. The summed E-state index contributed by atoms with van der Waals surface area (Å²) in [5.41, 5.74) is 0. The first-order valence-corrected chi connectivity index (χ1v) is 4.28. The Bertz CT molecular complexity index is 83.3. The highest BCUT2D eigenvalue weighted by atomic mass is 31.0. The monoisotopic (exact) mass is 160 g/mol. The standard InChI is InChI=1S/C8H17OP/c1-3-5-7-8(9-10)6-4-2/h4,8H,2-3,5-7,10H2,1H3. The zero-order valence-corrected chi connectivity index (χ0v) is 7.83. The van der Waals surface area contributed by atoms with E-state index in [2.05, 4.69) is 23.0 Å². The molecule has 2 unspecified atom stereocenters. The highest BCUT2D eigenvalue weighted by Gasteiger charge is 2.02. The van der Waals surface area contributed by atoms with Gasteiger partial charge in [-0.25, -0.2) is 0 Å². The van der Waals surface area contributed by atoms with Crippen LogP contribution in [0.4, 0.5) is 0 Å². The molecule has 0 N–H and O–H groups in total. The lowest BCUT2D eigenvalue weighted by Gasteiger charge is -2.10. The fourth-order valence-electron chi connectivity index (χ4n) is 0.859. The SMILES string of the molecule is C=CCC(CCCC)OP. The smallest absolute Gasteiger partial charge is 0.0645 e. The average molecular weight is 160 g/mol. The van der Waals surface area contributed by atoms with Gasteiger partial charge in [0.1, 0.15) is 0 Å². The van der Waals surface area contributed by atoms with Gasteiger partial charge in [0.05, 0.1) is 6.10 Å². The summed E-state index contributed by atoms with van der Waals surface area (Å²) in [4.78, 5) is 0. The van der Waals surface area contributed by atoms with Gasteiger partial charge in [0.25, 0.3) is 0 Å². The van der Waals surface area contributed by atoms with Gasteiger partial charge in [-0.05, 0) is 12.8 Å². The molecule has 0 fully saturated rings. The maximum atomic E-state index is 5.14. The minimum absolute atomic E-state index is 0.363. The van der Waals surface area contributed by atoms with E-state index in [1.54, 1.807) is 0 Å². The van der Waals surface area contributed by atoms with Crippen molar-refractivity contribution in [3.63, 3.8) is 0 Å². The molecule has 2 atom stereocenters. The van der Waals surface area contributed by atoms with E-state index in [1.165, 1.54) is 12.8 Å². The quantitative estimate of drug-likeness (QED) is 0.428. The second-order valence-corrected chi connectivity index (χ2v) is 2.70. The third-order valence-corrected chi connectivity index (χ3v) is 1.89. The lowest BCUT2D eigenvalue weighted by Crippen LogP contribution is -2.05. The van der Waals surface area contributed by atoms with Crippen LogP contribution in [0, 0.1) is 0 Å². The number of rotatable bonds is 6. The Labute approximate surface area is 66.1 Å². The van der Waals surface area contributed by atoms with Crippen molar-refractivity contribution in [3.05, 3.63) is 12.7 Å². The van der Waals surface area contributed by atoms with Crippen molar-refractivity contribution in [1.82, 2.24) is 0 Å². The predicted molar refractivity (Wildman–Crippen MR) is 48.9 cm³/mol. The fourth-order valence-corrected chi connectivity index (χ4v) is 1.11. The molecule has 0 saturated carbocycles. The average Bonchev–Trinajstić information content (AvgIpc) is 1.98. The van der Waals surface area contributed by atoms with E-state index in [0.29, 0.717) is 6.10 Å². The van der Waals surface area contributed by atoms with Crippen molar-refractivity contribution in [2.75, 3.05) is 0 Å². The van der Waals surface area contributed by atoms with E-state index in [-0.39, 0.29) is 0 Å². The van der Waals surface area contributed by atoms with Crippen molar-refractivity contribution < 1.29 is 4.52 Å². The molecule has 0 aromatic heterocycles. The molecule has 0 aliphatic carbocycles. The highest BCUT2D eigenvalue weighted by molar-refractivity contribution is 7.09. The van der Waals surface area contributed by atoms with Crippen molar-refractivity contribution >= 4 is 9.47 Å². The summed E-state index contributed by atoms with van der Waals surface area (Å²) in [6.07, 6.45) is 6.86. The molecule has 0 aliphatic heterocycles. The molecule has 0 bridgehead atoms. The molecule has 2 heteroatoms. The summed E-state index contributed by atoms with van der Waals surface area (Å²) in [5, 5.41) is 0. The van der Waals surface area contributed by atoms with Gasteiger partial charge in [0.2, 0.25) is 0 Å². The normalized spacial score (nSPS) is 13.0. The number of unbranched alkanes of at least 4 members (excludes halogenated alkanes) is 1. The van der Waals surface area contributed by atoms with E-state index in [0.717, 1.165) is 12.8 Å². The lowest BCUT2D eigenvalue weighted by molar-refractivity contribution is 0.226. The Morgan fingerprint density at radius 3 is 2.80 bits per heavy atom. The molecular formula is C8H17OP. The van der Waals surface area contributed by atoms with Gasteiger partial charge in [-0.15, -0.1) is 6.58 Å². The molecule has 1 nitrogen and oxygen atoms in total. The lowest BCUT2D eigenvalue weighted by atomic mass is 10.1. The summed E-state index contributed by atoms with van der Waals surface area (Å²) in [6.45, 7) is 5.86. The first-order valence-electron chi connectivity index (χ1n) is 3.81. The van der Waals surface area contributed by atoms with Crippen LogP contribution in [-0.2, 0) is 4.52 Å². The van der Waals surface area contributed by atoms with Crippen molar-refractivity contribution in [2.24, 2.45) is 0 Å². The van der Waals surface area contributed by atoms with Crippen LogP contribution in [0.1, 0.15) is 32.6 Å². The molecule has 0 rings (SSSR count). The van der Waals surface area contributed by atoms with Gasteiger partial charge in [-0.1, -0.05) is 25.8 Å². The number of hydrogen-bond donors (Lipinski definition) is 0. The first kappa shape index (κ1) is 10.1. The van der Waals surface area contributed by atoms with Gasteiger partial charge in [-0.3, -0.25) is 0 Å². The molecule has 0 aromatic carbocycles. The van der Waals surface area contributed by atoms with E-state index in [4.69, 9.17) is 4.52 Å². The zero-order valence-electron chi connectivity index (χ0n) is 6.68. The van der Waals surface area contributed by atoms with Crippen LogP contribution >= 0.6 is 9.47 Å². The molecule has 10 heavy (non-hydrogen) atoms. The van der Waals surface area contributed by atoms with Crippen molar-refractivity contribution in [2.45, 2.75) is 38.7 Å². The third-order valence-electron chi connectivity index (χ3n) is 1.50. The van der Waals surface area contributed by atoms with Crippen LogP contribution < -0.4 is 0 Å². The van der Waals surface area contributed by atoms with Gasteiger partial charge in [-0.2, -0.15) is 0 Å². The predicted octanol–water partition coefficient (Wildman–Crippen LogP) is 2.93. The Kier molecular flexibility index (Phi) is 7.33. The summed E-state index contributed by atoms with van der Waals surface area (Å²) >= 11 is 0. The molecule has 0 aliphatic rings. The molecular weight excluding hydrogens is 143 g/mol. The summed E-state index contributed by atoms with van der Waals surface area (Å²) in [6, 6.07) is 0. The van der Waals surface area contributed by atoms with Crippen molar-refractivity contribution in [3.8, 4) is 0 Å². The maximum absolute atomic E-state index is 5.14. The minimum Gasteiger partial charge on any atom is -0.362 e. The van der Waals surface area contributed by atoms with Gasteiger partial charge >= 0.3 is 0 Å². The van der Waals surface area contributed by atoms with Crippen LogP contribution in [0.3, 0.4) is 0 Å². The molecule has 0 spiro atoms. The van der Waals surface area contributed by atoms with Gasteiger partial charge < -0.3 is 4.52 Å². The summed E-state index contributed by atoms with van der Waals surface area (Å²) < 4.78 is 5.14. The second kappa shape index (κ2) is 7.24.